The lowest BCUT2D eigenvalue weighted by Crippen LogP contribution is -2.42. The van der Waals surface area contributed by atoms with Crippen LogP contribution in [0.15, 0.2) is 22.8 Å². The predicted molar refractivity (Wildman–Crippen MR) is 60.4 cm³/mol. The molecule has 1 aromatic heterocycles. The molecule has 0 radical (unpaired) electrons. The van der Waals surface area contributed by atoms with Gasteiger partial charge in [0.05, 0.1) is 19.4 Å². The van der Waals surface area contributed by atoms with Crippen molar-refractivity contribution in [3.63, 3.8) is 0 Å². The van der Waals surface area contributed by atoms with Crippen LogP contribution < -0.4 is 5.32 Å². The number of aliphatic hydroxyl groups excluding tert-OH is 1. The van der Waals surface area contributed by atoms with Crippen LogP contribution in [-0.4, -0.2) is 48.1 Å². The zero-order valence-corrected chi connectivity index (χ0v) is 9.84. The van der Waals surface area contributed by atoms with Crippen LogP contribution in [0, 0.1) is 0 Å². The van der Waals surface area contributed by atoms with E-state index in [2.05, 4.69) is 5.32 Å². The standard InChI is InChI=1S/C11H16N2O4/c1-8(7-14)12-10(15)6-13(2)11(16)9-4-3-5-17-9/h3-5,8,14H,6-7H2,1-2H3,(H,12,15)/t8-/m1/s1. The lowest BCUT2D eigenvalue weighted by molar-refractivity contribution is -0.122. The van der Waals surface area contributed by atoms with Crippen molar-refractivity contribution >= 4 is 11.8 Å². The zero-order chi connectivity index (χ0) is 12.8. The maximum atomic E-state index is 11.7. The van der Waals surface area contributed by atoms with Crippen LogP contribution in [0.25, 0.3) is 0 Å². The fourth-order valence-corrected chi connectivity index (χ4v) is 1.24. The zero-order valence-electron chi connectivity index (χ0n) is 9.84. The van der Waals surface area contributed by atoms with Crippen molar-refractivity contribution in [3.05, 3.63) is 24.2 Å². The second-order valence-corrected chi connectivity index (χ2v) is 3.79. The van der Waals surface area contributed by atoms with Crippen LogP contribution in [0.3, 0.4) is 0 Å². The fraction of sp³-hybridized carbons (Fsp3) is 0.455. The Labute approximate surface area is 99.2 Å². The summed E-state index contributed by atoms with van der Waals surface area (Å²) in [5, 5.41) is 11.3. The highest BCUT2D eigenvalue weighted by Crippen LogP contribution is 2.03. The highest BCUT2D eigenvalue weighted by Gasteiger charge is 2.17. The van der Waals surface area contributed by atoms with Crippen LogP contribution in [0.4, 0.5) is 0 Å². The molecule has 2 N–H and O–H groups in total. The van der Waals surface area contributed by atoms with Crippen LogP contribution >= 0.6 is 0 Å². The highest BCUT2D eigenvalue weighted by molar-refractivity contribution is 5.94. The predicted octanol–water partition coefficient (Wildman–Crippen LogP) is -0.151. The third-order valence-corrected chi connectivity index (χ3v) is 2.14. The van der Waals surface area contributed by atoms with E-state index in [9.17, 15) is 9.59 Å². The van der Waals surface area contributed by atoms with Crippen LogP contribution in [0.1, 0.15) is 17.5 Å². The monoisotopic (exact) mass is 240 g/mol. The van der Waals surface area contributed by atoms with E-state index in [-0.39, 0.29) is 36.8 Å². The minimum Gasteiger partial charge on any atom is -0.459 e. The van der Waals surface area contributed by atoms with Gasteiger partial charge < -0.3 is 19.7 Å². The molecule has 0 saturated heterocycles. The molecule has 6 heteroatoms. The molecule has 1 atom stereocenters. The maximum absolute atomic E-state index is 11.7. The normalized spacial score (nSPS) is 11.9. The minimum atomic E-state index is -0.359. The van der Waals surface area contributed by atoms with Gasteiger partial charge in [-0.2, -0.15) is 0 Å². The fourth-order valence-electron chi connectivity index (χ4n) is 1.24. The van der Waals surface area contributed by atoms with Gasteiger partial charge in [-0.25, -0.2) is 0 Å². The van der Waals surface area contributed by atoms with Gasteiger partial charge in [-0.05, 0) is 19.1 Å². The molecule has 0 bridgehead atoms. The van der Waals surface area contributed by atoms with Gasteiger partial charge in [-0.15, -0.1) is 0 Å². The molecule has 0 aliphatic heterocycles. The number of nitrogens with zero attached hydrogens (tertiary/aromatic N) is 1. The minimum absolute atomic E-state index is 0.0795. The Morgan fingerprint density at radius 1 is 1.59 bits per heavy atom. The molecular formula is C11H16N2O4. The van der Waals surface area contributed by atoms with E-state index in [0.717, 1.165) is 0 Å². The van der Waals surface area contributed by atoms with Gasteiger partial charge in [0.25, 0.3) is 5.91 Å². The highest BCUT2D eigenvalue weighted by atomic mass is 16.3. The molecule has 1 rings (SSSR count). The Kier molecular flexibility index (Phi) is 4.71. The van der Waals surface area contributed by atoms with E-state index >= 15 is 0 Å². The van der Waals surface area contributed by atoms with E-state index in [4.69, 9.17) is 9.52 Å². The van der Waals surface area contributed by atoms with Gasteiger partial charge in [0.2, 0.25) is 5.91 Å². The molecule has 0 saturated carbocycles. The van der Waals surface area contributed by atoms with E-state index in [1.807, 2.05) is 0 Å². The Hall–Kier alpha value is -1.82. The topological polar surface area (TPSA) is 82.8 Å². The van der Waals surface area contributed by atoms with Crippen molar-refractivity contribution in [2.75, 3.05) is 20.2 Å². The van der Waals surface area contributed by atoms with E-state index in [1.165, 1.54) is 24.3 Å². The summed E-state index contributed by atoms with van der Waals surface area (Å²) in [7, 11) is 1.51. The van der Waals surface area contributed by atoms with Gasteiger partial charge >= 0.3 is 0 Å². The summed E-state index contributed by atoms with van der Waals surface area (Å²) in [6, 6.07) is 2.82. The van der Waals surface area contributed by atoms with Crippen molar-refractivity contribution in [2.45, 2.75) is 13.0 Å². The number of carbonyl (C=O) groups excluding carboxylic acids is 2. The second kappa shape index (κ2) is 6.05. The average molecular weight is 240 g/mol. The number of carbonyl (C=O) groups is 2. The lowest BCUT2D eigenvalue weighted by Gasteiger charge is -2.17. The number of nitrogens with one attached hydrogen (secondary N) is 1. The molecule has 0 fully saturated rings. The molecule has 0 spiro atoms. The quantitative estimate of drug-likeness (QED) is 0.749. The Morgan fingerprint density at radius 2 is 2.29 bits per heavy atom. The number of furan rings is 1. The Balaban J connectivity index is 2.46. The summed E-state index contributed by atoms with van der Waals surface area (Å²) >= 11 is 0. The molecule has 6 nitrogen and oxygen atoms in total. The smallest absolute Gasteiger partial charge is 0.289 e. The third kappa shape index (κ3) is 3.92. The molecule has 1 aromatic rings. The van der Waals surface area contributed by atoms with Crippen molar-refractivity contribution < 1.29 is 19.1 Å². The third-order valence-electron chi connectivity index (χ3n) is 2.14. The van der Waals surface area contributed by atoms with E-state index in [1.54, 1.807) is 13.0 Å². The van der Waals surface area contributed by atoms with Crippen LogP contribution in [-0.2, 0) is 4.79 Å². The summed E-state index contributed by atoms with van der Waals surface area (Å²) in [6.45, 7) is 1.46. The summed E-state index contributed by atoms with van der Waals surface area (Å²) < 4.78 is 4.94. The molecule has 0 aromatic carbocycles. The molecule has 1 heterocycles. The van der Waals surface area contributed by atoms with Gasteiger partial charge in [0.1, 0.15) is 0 Å². The first-order valence-electron chi connectivity index (χ1n) is 5.23. The molecule has 0 unspecified atom stereocenters. The molecule has 94 valence electrons. The molecule has 0 aliphatic carbocycles. The number of hydrogen-bond donors (Lipinski definition) is 2. The number of rotatable bonds is 5. The number of aliphatic hydroxyl groups is 1. The second-order valence-electron chi connectivity index (χ2n) is 3.79. The summed E-state index contributed by atoms with van der Waals surface area (Å²) in [5.74, 6) is -0.494. The van der Waals surface area contributed by atoms with Crippen molar-refractivity contribution in [2.24, 2.45) is 0 Å². The van der Waals surface area contributed by atoms with E-state index in [0.29, 0.717) is 0 Å². The number of likely N-dealkylation sites (N-methyl/N-ethyl adjacent to an activating group) is 1. The Bertz CT molecular complexity index is 375. The summed E-state index contributed by atoms with van der Waals surface area (Å²) in [6.07, 6.45) is 1.40. The lowest BCUT2D eigenvalue weighted by atomic mass is 10.3. The maximum Gasteiger partial charge on any atom is 0.289 e. The summed E-state index contributed by atoms with van der Waals surface area (Å²) in [5.41, 5.74) is 0. The van der Waals surface area contributed by atoms with Crippen molar-refractivity contribution in [1.29, 1.82) is 0 Å². The molecular weight excluding hydrogens is 224 g/mol. The first kappa shape index (κ1) is 13.2. The molecule has 0 aliphatic rings. The van der Waals surface area contributed by atoms with Crippen molar-refractivity contribution in [3.8, 4) is 0 Å². The molecule has 2 amide bonds. The number of amides is 2. The van der Waals surface area contributed by atoms with Crippen molar-refractivity contribution in [1.82, 2.24) is 10.2 Å². The first-order valence-corrected chi connectivity index (χ1v) is 5.23. The Morgan fingerprint density at radius 3 is 2.82 bits per heavy atom. The summed E-state index contributed by atoms with van der Waals surface area (Å²) in [4.78, 5) is 24.4. The van der Waals surface area contributed by atoms with E-state index < -0.39 is 0 Å². The first-order chi connectivity index (χ1) is 8.04. The SMILES string of the molecule is C[C@H](CO)NC(=O)CN(C)C(=O)c1ccco1. The van der Waals surface area contributed by atoms with Crippen LogP contribution in [0.5, 0.6) is 0 Å². The van der Waals surface area contributed by atoms with Crippen LogP contribution in [0.2, 0.25) is 0 Å². The largest absolute Gasteiger partial charge is 0.459 e. The molecule has 17 heavy (non-hydrogen) atoms. The number of hydrogen-bond acceptors (Lipinski definition) is 4. The van der Waals surface area contributed by atoms with Gasteiger partial charge in [-0.3, -0.25) is 9.59 Å². The van der Waals surface area contributed by atoms with Gasteiger partial charge in [0, 0.05) is 13.1 Å². The van der Waals surface area contributed by atoms with Gasteiger partial charge in [-0.1, -0.05) is 0 Å². The van der Waals surface area contributed by atoms with Gasteiger partial charge in [0.15, 0.2) is 5.76 Å². The average Bonchev–Trinajstić information content (AvgIpc) is 2.80.